The van der Waals surface area contributed by atoms with Crippen molar-refractivity contribution in [1.29, 1.82) is 0 Å². The number of alkyl halides is 2. The van der Waals surface area contributed by atoms with E-state index in [9.17, 15) is 14.4 Å². The van der Waals surface area contributed by atoms with Gasteiger partial charge in [-0.25, -0.2) is 14.8 Å². The highest BCUT2D eigenvalue weighted by molar-refractivity contribution is 5.92. The lowest BCUT2D eigenvalue weighted by Crippen LogP contribution is -2.57. The fraction of sp³-hybridized carbons (Fsp3) is 0.676. The second-order valence-corrected chi connectivity index (χ2v) is 14.8. The van der Waals surface area contributed by atoms with Crippen LogP contribution < -0.4 is 14.8 Å². The quantitative estimate of drug-likeness (QED) is 0.437. The minimum Gasteiger partial charge on any atom is -0.497 e. The molecule has 12 heteroatoms. The molecule has 2 aliphatic heterocycles. The van der Waals surface area contributed by atoms with Crippen LogP contribution in [0.4, 0.5) is 13.6 Å². The van der Waals surface area contributed by atoms with Gasteiger partial charge < -0.3 is 24.4 Å². The SMILES string of the molecule is COc1ccc2nc3c(nc2c1)O[C@H]1CN(C(=O)[C@H](C(C)(C)C)NC(=O)O[C@@H]2C[C@H]2CCCCC2(CC2)C3(F)F)[C@H](C(C)=O)[C@@H]1C. The summed E-state index contributed by atoms with van der Waals surface area (Å²) in [6.07, 6.45) is 2.07. The molecule has 2 saturated carbocycles. The molecule has 0 unspecified atom stereocenters. The molecule has 2 bridgehead atoms. The third kappa shape index (κ3) is 5.88. The maximum atomic E-state index is 16.7. The molecule has 1 aromatic heterocycles. The summed E-state index contributed by atoms with van der Waals surface area (Å²) in [6.45, 7) is 8.55. The Morgan fingerprint density at radius 3 is 2.46 bits per heavy atom. The van der Waals surface area contributed by atoms with E-state index in [4.69, 9.17) is 14.2 Å². The number of nitrogens with one attached hydrogen (secondary N) is 1. The number of amides is 2. The summed E-state index contributed by atoms with van der Waals surface area (Å²) >= 11 is 0. The van der Waals surface area contributed by atoms with E-state index in [0.717, 1.165) is 12.8 Å². The van der Waals surface area contributed by atoms with Crippen molar-refractivity contribution in [3.05, 3.63) is 23.9 Å². The molecule has 1 spiro atoms. The molecule has 46 heavy (non-hydrogen) atoms. The smallest absolute Gasteiger partial charge is 0.408 e. The van der Waals surface area contributed by atoms with Gasteiger partial charge >= 0.3 is 12.0 Å². The number of ketones is 1. The Labute approximate surface area is 267 Å². The Hall–Kier alpha value is -3.57. The number of alkyl carbamates (subject to hydrolysis) is 1. The highest BCUT2D eigenvalue weighted by Crippen LogP contribution is 2.65. The van der Waals surface area contributed by atoms with Gasteiger partial charge in [0, 0.05) is 17.4 Å². The van der Waals surface area contributed by atoms with Crippen LogP contribution in [0.15, 0.2) is 18.2 Å². The van der Waals surface area contributed by atoms with Gasteiger partial charge in [-0.1, -0.05) is 40.5 Å². The predicted molar refractivity (Wildman–Crippen MR) is 165 cm³/mol. The molecule has 3 heterocycles. The minimum atomic E-state index is -3.33. The van der Waals surface area contributed by atoms with Crippen LogP contribution >= 0.6 is 0 Å². The molecule has 3 fully saturated rings. The van der Waals surface area contributed by atoms with E-state index in [1.807, 2.05) is 20.8 Å². The van der Waals surface area contributed by atoms with Crippen LogP contribution in [0.2, 0.25) is 0 Å². The number of Topliss-reactive ketones (excluding diaryl/α,β-unsaturated/α-hetero) is 1. The highest BCUT2D eigenvalue weighted by Gasteiger charge is 2.64. The number of halogens is 2. The maximum Gasteiger partial charge on any atom is 0.408 e. The van der Waals surface area contributed by atoms with Crippen LogP contribution in [0, 0.1) is 22.7 Å². The lowest BCUT2D eigenvalue weighted by Gasteiger charge is -2.35. The number of rotatable bonds is 2. The average molecular weight is 643 g/mol. The van der Waals surface area contributed by atoms with Gasteiger partial charge in [-0.15, -0.1) is 0 Å². The van der Waals surface area contributed by atoms with Crippen molar-refractivity contribution in [3.8, 4) is 11.6 Å². The highest BCUT2D eigenvalue weighted by atomic mass is 19.3. The molecule has 6 rings (SSSR count). The largest absolute Gasteiger partial charge is 0.497 e. The third-order valence-electron chi connectivity index (χ3n) is 10.4. The van der Waals surface area contributed by atoms with Crippen LogP contribution in [0.5, 0.6) is 11.6 Å². The zero-order valence-electron chi connectivity index (χ0n) is 27.4. The first-order chi connectivity index (χ1) is 21.6. The lowest BCUT2D eigenvalue weighted by molar-refractivity contribution is -0.141. The number of fused-ring (bicyclic) bond motifs is 5. The standard InChI is InChI=1S/C34H44F2N4O6/c1-18-25-17-40(26(18)19(2)41)30(42)28(32(3,4)5)39-31(43)46-24-15-20(24)9-7-8-12-33(13-14-33)34(35,36)27-29(45-25)38-23-16-21(44-6)10-11-22(23)37-27/h10-11,16,18,20,24-26,28H,7-9,12-15,17H2,1-6H3,(H,39,43)/t18-,20-,24-,25+,26+,28-/m1/s1. The van der Waals surface area contributed by atoms with Gasteiger partial charge in [-0.05, 0) is 62.5 Å². The third-order valence-corrected chi connectivity index (χ3v) is 10.4. The van der Waals surface area contributed by atoms with Gasteiger partial charge in [0.25, 0.3) is 0 Å². The number of carbonyl (C=O) groups excluding carboxylic acids is 3. The molecule has 10 nitrogen and oxygen atoms in total. The van der Waals surface area contributed by atoms with Crippen molar-refractivity contribution >= 4 is 28.8 Å². The van der Waals surface area contributed by atoms with Gasteiger partial charge in [-0.3, -0.25) is 9.59 Å². The number of hydrogen-bond acceptors (Lipinski definition) is 8. The Kier molecular flexibility index (Phi) is 8.16. The number of carbonyl (C=O) groups is 3. The van der Waals surface area contributed by atoms with E-state index in [-0.39, 0.29) is 30.2 Å². The van der Waals surface area contributed by atoms with E-state index in [1.54, 1.807) is 25.1 Å². The molecule has 2 aliphatic carbocycles. The van der Waals surface area contributed by atoms with Crippen molar-refractivity contribution in [1.82, 2.24) is 20.2 Å². The molecule has 0 radical (unpaired) electrons. The number of hydrogen-bond donors (Lipinski definition) is 1. The molecule has 1 aromatic carbocycles. The second kappa shape index (κ2) is 11.6. The summed E-state index contributed by atoms with van der Waals surface area (Å²) in [7, 11) is 1.50. The zero-order valence-corrected chi connectivity index (χ0v) is 27.4. The van der Waals surface area contributed by atoms with E-state index < -0.39 is 58.6 Å². The van der Waals surface area contributed by atoms with Gasteiger partial charge in [0.2, 0.25) is 11.8 Å². The van der Waals surface area contributed by atoms with Gasteiger partial charge in [-0.2, -0.15) is 8.78 Å². The Balaban J connectivity index is 1.43. The summed E-state index contributed by atoms with van der Waals surface area (Å²) < 4.78 is 50.8. The van der Waals surface area contributed by atoms with E-state index in [2.05, 4.69) is 15.3 Å². The van der Waals surface area contributed by atoms with Crippen LogP contribution in [0.25, 0.3) is 11.0 Å². The molecule has 250 valence electrons. The molecule has 4 aliphatic rings. The molecule has 1 saturated heterocycles. The van der Waals surface area contributed by atoms with Crippen LogP contribution in [-0.2, 0) is 20.2 Å². The monoisotopic (exact) mass is 642 g/mol. The summed E-state index contributed by atoms with van der Waals surface area (Å²) in [5.41, 5.74) is -1.88. The Morgan fingerprint density at radius 2 is 1.80 bits per heavy atom. The average Bonchev–Trinajstić information content (AvgIpc) is 3.90. The van der Waals surface area contributed by atoms with Crippen molar-refractivity contribution < 1.29 is 37.4 Å². The second-order valence-electron chi connectivity index (χ2n) is 14.8. The van der Waals surface area contributed by atoms with Crippen LogP contribution in [-0.4, -0.2) is 70.6 Å². The first kappa shape index (κ1) is 32.4. The first-order valence-electron chi connectivity index (χ1n) is 16.3. The molecule has 1 N–H and O–H groups in total. The van der Waals surface area contributed by atoms with Crippen molar-refractivity contribution in [2.24, 2.45) is 22.7 Å². The lowest BCUT2D eigenvalue weighted by atomic mass is 9.85. The molecular weight excluding hydrogens is 598 g/mol. The van der Waals surface area contributed by atoms with Crippen molar-refractivity contribution in [2.45, 2.75) is 110 Å². The van der Waals surface area contributed by atoms with Gasteiger partial charge in [0.15, 0.2) is 11.5 Å². The number of methoxy groups -OCH3 is 1. The molecule has 6 atom stereocenters. The summed E-state index contributed by atoms with van der Waals surface area (Å²) in [4.78, 5) is 50.6. The van der Waals surface area contributed by atoms with E-state index in [1.165, 1.54) is 18.9 Å². The number of benzene rings is 1. The fourth-order valence-corrected chi connectivity index (χ4v) is 7.26. The van der Waals surface area contributed by atoms with Crippen LogP contribution in [0.3, 0.4) is 0 Å². The normalized spacial score (nSPS) is 30.9. The van der Waals surface area contributed by atoms with Crippen LogP contribution in [0.1, 0.15) is 85.3 Å². The molecule has 2 amide bonds. The Bertz CT molecular complexity index is 1540. The summed E-state index contributed by atoms with van der Waals surface area (Å²) in [6, 6.07) is 2.96. The Morgan fingerprint density at radius 1 is 1.07 bits per heavy atom. The molecule has 2 aromatic rings. The fourth-order valence-electron chi connectivity index (χ4n) is 7.26. The van der Waals surface area contributed by atoms with Gasteiger partial charge in [0.05, 0.1) is 30.7 Å². The molecular formula is C34H44F2N4O6. The first-order valence-corrected chi connectivity index (χ1v) is 16.3. The number of aromatic nitrogens is 2. The number of nitrogens with zero attached hydrogens (tertiary/aromatic N) is 3. The predicted octanol–water partition coefficient (Wildman–Crippen LogP) is 5.80. The van der Waals surface area contributed by atoms with Crippen molar-refractivity contribution in [3.63, 3.8) is 0 Å². The van der Waals surface area contributed by atoms with E-state index >= 15 is 8.78 Å². The zero-order chi connectivity index (χ0) is 33.2. The summed E-state index contributed by atoms with van der Waals surface area (Å²) in [5, 5.41) is 2.77. The van der Waals surface area contributed by atoms with E-state index in [0.29, 0.717) is 48.9 Å². The van der Waals surface area contributed by atoms with Crippen molar-refractivity contribution in [2.75, 3.05) is 13.7 Å². The van der Waals surface area contributed by atoms with Gasteiger partial charge in [0.1, 0.15) is 24.0 Å². The topological polar surface area (TPSA) is 120 Å². The number of ether oxygens (including phenoxy) is 3. The summed E-state index contributed by atoms with van der Waals surface area (Å²) in [5.74, 6) is -4.29. The maximum absolute atomic E-state index is 16.7. The minimum absolute atomic E-state index is 0.0633.